The van der Waals surface area contributed by atoms with Crippen molar-refractivity contribution < 1.29 is 4.79 Å². The largest absolute Gasteiger partial charge is 0.352 e. The van der Waals surface area contributed by atoms with E-state index < -0.39 is 0 Å². The third-order valence-electron chi connectivity index (χ3n) is 5.18. The Morgan fingerprint density at radius 2 is 2.04 bits per heavy atom. The van der Waals surface area contributed by atoms with Crippen molar-refractivity contribution in [1.82, 2.24) is 20.0 Å². The van der Waals surface area contributed by atoms with E-state index in [1.54, 1.807) is 6.92 Å². The average Bonchev–Trinajstić information content (AvgIpc) is 3.06. The van der Waals surface area contributed by atoms with E-state index in [9.17, 15) is 4.79 Å². The number of nitrogens with one attached hydrogen (secondary N) is 1. The summed E-state index contributed by atoms with van der Waals surface area (Å²) in [5, 5.41) is 7.67. The second-order valence-corrected chi connectivity index (χ2v) is 7.54. The van der Waals surface area contributed by atoms with E-state index >= 15 is 0 Å². The second-order valence-electron chi connectivity index (χ2n) is 7.54. The highest BCUT2D eigenvalue weighted by atomic mass is 16.1. The predicted octanol–water partition coefficient (Wildman–Crippen LogP) is 3.18. The minimum atomic E-state index is 0.0575. The molecule has 1 aromatic heterocycles. The lowest BCUT2D eigenvalue weighted by Crippen LogP contribution is -2.55. The number of benzene rings is 1. The van der Waals surface area contributed by atoms with E-state index in [1.165, 1.54) is 11.3 Å². The molecule has 1 fully saturated rings. The van der Waals surface area contributed by atoms with Gasteiger partial charge < -0.3 is 5.32 Å². The van der Waals surface area contributed by atoms with Crippen LogP contribution in [0, 0.1) is 0 Å². The van der Waals surface area contributed by atoms with Crippen LogP contribution in [0.3, 0.4) is 0 Å². The molecule has 1 saturated heterocycles. The van der Waals surface area contributed by atoms with Gasteiger partial charge in [0.05, 0.1) is 5.69 Å². The number of rotatable bonds is 6. The minimum absolute atomic E-state index is 0.0575. The molecule has 0 unspecified atom stereocenters. The van der Waals surface area contributed by atoms with Crippen LogP contribution in [0.2, 0.25) is 0 Å². The van der Waals surface area contributed by atoms with Crippen LogP contribution in [0.15, 0.2) is 42.6 Å². The fourth-order valence-electron chi connectivity index (χ4n) is 4.02. The quantitative estimate of drug-likeness (QED) is 0.867. The Hall–Kier alpha value is -2.14. The lowest BCUT2D eigenvalue weighted by atomic mass is 9.90. The van der Waals surface area contributed by atoms with Crippen molar-refractivity contribution in [2.24, 2.45) is 0 Å². The van der Waals surface area contributed by atoms with Gasteiger partial charge in [-0.15, -0.1) is 0 Å². The SMILES string of the molecule is CC(=O)N[C@H]1CCCN(Cc2ccnn2C(C)C)[C@H]1Cc1ccccc1. The van der Waals surface area contributed by atoms with Gasteiger partial charge in [0.15, 0.2) is 0 Å². The third-order valence-corrected chi connectivity index (χ3v) is 5.18. The van der Waals surface area contributed by atoms with Gasteiger partial charge in [-0.05, 0) is 51.3 Å². The standard InChI is InChI=1S/C21H30N4O/c1-16(2)25-19(11-12-22-25)15-24-13-7-10-20(23-17(3)26)21(24)14-18-8-5-4-6-9-18/h4-6,8-9,11-12,16,20-21H,7,10,13-15H2,1-3H3,(H,23,26)/t20-,21-/m0/s1. The smallest absolute Gasteiger partial charge is 0.217 e. The van der Waals surface area contributed by atoms with E-state index in [0.717, 1.165) is 32.4 Å². The number of hydrogen-bond acceptors (Lipinski definition) is 3. The first-order chi connectivity index (χ1) is 12.5. The van der Waals surface area contributed by atoms with Gasteiger partial charge in [-0.3, -0.25) is 14.4 Å². The molecule has 5 nitrogen and oxygen atoms in total. The van der Waals surface area contributed by atoms with Gasteiger partial charge in [-0.2, -0.15) is 5.10 Å². The number of amides is 1. The van der Waals surface area contributed by atoms with Crippen molar-refractivity contribution in [3.05, 3.63) is 53.9 Å². The topological polar surface area (TPSA) is 50.2 Å². The van der Waals surface area contributed by atoms with Crippen LogP contribution in [0.1, 0.15) is 50.9 Å². The van der Waals surface area contributed by atoms with Gasteiger partial charge in [-0.1, -0.05) is 30.3 Å². The van der Waals surface area contributed by atoms with Crippen molar-refractivity contribution in [3.8, 4) is 0 Å². The highest BCUT2D eigenvalue weighted by Crippen LogP contribution is 2.24. The first-order valence-corrected chi connectivity index (χ1v) is 9.62. The van der Waals surface area contributed by atoms with Gasteiger partial charge >= 0.3 is 0 Å². The number of carbonyl (C=O) groups excluding carboxylic acids is 1. The molecule has 1 amide bonds. The Morgan fingerprint density at radius 1 is 1.27 bits per heavy atom. The van der Waals surface area contributed by atoms with Gasteiger partial charge in [0.2, 0.25) is 5.91 Å². The molecule has 3 rings (SSSR count). The summed E-state index contributed by atoms with van der Waals surface area (Å²) in [4.78, 5) is 14.3. The summed E-state index contributed by atoms with van der Waals surface area (Å²) in [5.41, 5.74) is 2.55. The first-order valence-electron chi connectivity index (χ1n) is 9.62. The molecule has 1 aliphatic rings. The zero-order valence-electron chi connectivity index (χ0n) is 16.1. The van der Waals surface area contributed by atoms with E-state index in [1.807, 2.05) is 6.20 Å². The van der Waals surface area contributed by atoms with E-state index in [0.29, 0.717) is 12.1 Å². The Balaban J connectivity index is 1.82. The normalized spacial score (nSPS) is 21.1. The van der Waals surface area contributed by atoms with Gasteiger partial charge in [0.1, 0.15) is 0 Å². The molecule has 140 valence electrons. The van der Waals surface area contributed by atoms with Crippen LogP contribution < -0.4 is 5.32 Å². The molecule has 0 bridgehead atoms. The molecule has 0 aliphatic carbocycles. The summed E-state index contributed by atoms with van der Waals surface area (Å²) in [5.74, 6) is 0.0575. The highest BCUT2D eigenvalue weighted by Gasteiger charge is 2.32. The van der Waals surface area contributed by atoms with Crippen LogP contribution in [-0.2, 0) is 17.8 Å². The lowest BCUT2D eigenvalue weighted by molar-refractivity contribution is -0.120. The summed E-state index contributed by atoms with van der Waals surface area (Å²) in [6, 6.07) is 13.5. The second kappa shape index (κ2) is 8.49. The lowest BCUT2D eigenvalue weighted by Gasteiger charge is -2.42. The van der Waals surface area contributed by atoms with Crippen molar-refractivity contribution in [1.29, 1.82) is 0 Å². The number of likely N-dealkylation sites (tertiary alicyclic amines) is 1. The summed E-state index contributed by atoms with van der Waals surface area (Å²) in [7, 11) is 0. The minimum Gasteiger partial charge on any atom is -0.352 e. The Morgan fingerprint density at radius 3 is 2.73 bits per heavy atom. The molecular formula is C21H30N4O. The Labute approximate surface area is 156 Å². The fourth-order valence-corrected chi connectivity index (χ4v) is 4.02. The Kier molecular flexibility index (Phi) is 6.09. The number of nitrogens with zero attached hydrogens (tertiary/aromatic N) is 3. The maximum atomic E-state index is 11.7. The molecule has 0 radical (unpaired) electrons. The zero-order chi connectivity index (χ0) is 18.5. The first kappa shape index (κ1) is 18.6. The van der Waals surface area contributed by atoms with E-state index in [-0.39, 0.29) is 11.9 Å². The number of carbonyl (C=O) groups is 1. The van der Waals surface area contributed by atoms with Crippen LogP contribution in [0.5, 0.6) is 0 Å². The monoisotopic (exact) mass is 354 g/mol. The highest BCUT2D eigenvalue weighted by molar-refractivity contribution is 5.73. The molecule has 0 saturated carbocycles. The van der Waals surface area contributed by atoms with Crippen LogP contribution in [0.4, 0.5) is 0 Å². The zero-order valence-corrected chi connectivity index (χ0v) is 16.1. The molecule has 5 heteroatoms. The number of piperidine rings is 1. The molecule has 1 aliphatic heterocycles. The maximum absolute atomic E-state index is 11.7. The van der Waals surface area contributed by atoms with Crippen LogP contribution in [0.25, 0.3) is 0 Å². The van der Waals surface area contributed by atoms with Gasteiger partial charge in [0.25, 0.3) is 0 Å². The molecule has 1 aromatic carbocycles. The number of aromatic nitrogens is 2. The molecule has 26 heavy (non-hydrogen) atoms. The van der Waals surface area contributed by atoms with Crippen molar-refractivity contribution in [3.63, 3.8) is 0 Å². The van der Waals surface area contributed by atoms with Gasteiger partial charge in [0, 0.05) is 37.8 Å². The summed E-state index contributed by atoms with van der Waals surface area (Å²) in [6.07, 6.45) is 4.97. The van der Waals surface area contributed by atoms with E-state index in [4.69, 9.17) is 0 Å². The van der Waals surface area contributed by atoms with E-state index in [2.05, 4.69) is 70.2 Å². The molecular weight excluding hydrogens is 324 g/mol. The fraction of sp³-hybridized carbons (Fsp3) is 0.524. The molecule has 2 atom stereocenters. The Bertz CT molecular complexity index is 710. The molecule has 2 heterocycles. The van der Waals surface area contributed by atoms with Gasteiger partial charge in [-0.25, -0.2) is 0 Å². The molecule has 1 N–H and O–H groups in total. The maximum Gasteiger partial charge on any atom is 0.217 e. The van der Waals surface area contributed by atoms with Crippen molar-refractivity contribution in [2.45, 2.75) is 64.7 Å². The summed E-state index contributed by atoms with van der Waals surface area (Å²) < 4.78 is 2.10. The molecule has 0 spiro atoms. The third kappa shape index (κ3) is 4.52. The van der Waals surface area contributed by atoms with Crippen LogP contribution >= 0.6 is 0 Å². The summed E-state index contributed by atoms with van der Waals surface area (Å²) >= 11 is 0. The van der Waals surface area contributed by atoms with Crippen molar-refractivity contribution in [2.75, 3.05) is 6.54 Å². The average molecular weight is 354 g/mol. The van der Waals surface area contributed by atoms with Crippen LogP contribution in [-0.4, -0.2) is 39.2 Å². The van der Waals surface area contributed by atoms with Crippen molar-refractivity contribution >= 4 is 5.91 Å². The summed E-state index contributed by atoms with van der Waals surface area (Å²) in [6.45, 7) is 7.86. The number of hydrogen-bond donors (Lipinski definition) is 1. The predicted molar refractivity (Wildman–Crippen MR) is 104 cm³/mol. The molecule has 2 aromatic rings.